The summed E-state index contributed by atoms with van der Waals surface area (Å²) in [5.74, 6) is 0.730. The lowest BCUT2D eigenvalue weighted by molar-refractivity contribution is -0.114. The van der Waals surface area contributed by atoms with Crippen molar-refractivity contribution in [3.05, 3.63) is 58.3 Å². The fraction of sp³-hybridized carbons (Fsp3) is 0.250. The predicted molar refractivity (Wildman–Crippen MR) is 136 cm³/mol. The molecule has 2 N–H and O–H groups in total. The van der Waals surface area contributed by atoms with Crippen LogP contribution in [0.1, 0.15) is 31.5 Å². The lowest BCUT2D eigenvalue weighted by Gasteiger charge is -2.09. The van der Waals surface area contributed by atoms with Gasteiger partial charge in [0.15, 0.2) is 5.13 Å². The van der Waals surface area contributed by atoms with Crippen LogP contribution >= 0.6 is 27.3 Å². The van der Waals surface area contributed by atoms with Gasteiger partial charge in [0.05, 0.1) is 27.6 Å². The molecule has 4 aromatic rings. The van der Waals surface area contributed by atoms with Crippen molar-refractivity contribution in [2.24, 2.45) is 0 Å². The molecule has 0 aliphatic heterocycles. The van der Waals surface area contributed by atoms with Crippen molar-refractivity contribution in [1.29, 1.82) is 0 Å². The van der Waals surface area contributed by atoms with Crippen LogP contribution in [0.5, 0.6) is 0 Å². The van der Waals surface area contributed by atoms with Gasteiger partial charge in [-0.3, -0.25) is 4.79 Å². The molecule has 0 unspecified atom stereocenters. The number of nitrogens with one attached hydrogen (secondary N) is 2. The summed E-state index contributed by atoms with van der Waals surface area (Å²) in [4.78, 5) is 22.0. The Morgan fingerprint density at radius 1 is 1.21 bits per heavy atom. The summed E-state index contributed by atoms with van der Waals surface area (Å²) < 4.78 is 2.96. The minimum absolute atomic E-state index is 0.119. The molecule has 0 radical (unpaired) electrons. The highest BCUT2D eigenvalue weighted by molar-refractivity contribution is 9.10. The molecule has 5 rings (SSSR count). The second-order valence-electron chi connectivity index (χ2n) is 7.83. The Balaban J connectivity index is 1.73. The number of carbonyl (C=O) groups excluding carboxylic acids is 1. The fourth-order valence-corrected chi connectivity index (χ4v) is 5.68. The number of nitrogens with zero attached hydrogens (tertiary/aromatic N) is 4. The zero-order chi connectivity index (χ0) is 22.9. The van der Waals surface area contributed by atoms with Gasteiger partial charge in [0.2, 0.25) is 5.91 Å². The van der Waals surface area contributed by atoms with E-state index in [9.17, 15) is 4.79 Å². The van der Waals surface area contributed by atoms with Gasteiger partial charge >= 0.3 is 0 Å². The smallest absolute Gasteiger partial charge is 0.223 e. The molecule has 0 saturated heterocycles. The van der Waals surface area contributed by atoms with E-state index in [1.54, 1.807) is 0 Å². The number of aryl methyl sites for hydroxylation is 1. The van der Waals surface area contributed by atoms with Gasteiger partial charge in [-0.1, -0.05) is 23.5 Å². The average Bonchev–Trinajstić information content (AvgIpc) is 3.31. The van der Waals surface area contributed by atoms with Crippen molar-refractivity contribution in [1.82, 2.24) is 19.7 Å². The van der Waals surface area contributed by atoms with E-state index < -0.39 is 0 Å². The average molecular weight is 523 g/mol. The first-order valence-corrected chi connectivity index (χ1v) is 12.5. The first kappa shape index (κ1) is 21.8. The number of aromatic nitrogens is 4. The molecule has 1 amide bonds. The third-order valence-electron chi connectivity index (χ3n) is 5.49. The molecular weight excluding hydrogens is 500 g/mol. The van der Waals surface area contributed by atoms with Crippen molar-refractivity contribution in [2.75, 3.05) is 17.2 Å². The highest BCUT2D eigenvalue weighted by Gasteiger charge is 2.29. The van der Waals surface area contributed by atoms with Crippen molar-refractivity contribution >= 4 is 44.1 Å². The largest absolute Gasteiger partial charge is 0.370 e. The van der Waals surface area contributed by atoms with Gasteiger partial charge in [-0.05, 0) is 66.4 Å². The normalized spacial score (nSPS) is 12.6. The number of carbonyl (C=O) groups is 1. The molecule has 3 aromatic heterocycles. The summed E-state index contributed by atoms with van der Waals surface area (Å²) >= 11 is 5.21. The summed E-state index contributed by atoms with van der Waals surface area (Å²) in [7, 11) is 0. The van der Waals surface area contributed by atoms with E-state index in [0.29, 0.717) is 5.13 Å². The van der Waals surface area contributed by atoms with Gasteiger partial charge in [-0.15, -0.1) is 0 Å². The van der Waals surface area contributed by atoms with E-state index in [2.05, 4.69) is 44.5 Å². The zero-order valence-electron chi connectivity index (χ0n) is 18.4. The minimum atomic E-state index is -0.119. The summed E-state index contributed by atoms with van der Waals surface area (Å²) in [5.41, 5.74) is 6.09. The van der Waals surface area contributed by atoms with Crippen LogP contribution in [-0.4, -0.2) is 32.2 Å². The van der Waals surface area contributed by atoms with Crippen molar-refractivity contribution < 1.29 is 4.79 Å². The molecule has 0 saturated carbocycles. The fourth-order valence-electron chi connectivity index (χ4n) is 4.11. The molecule has 0 atom stereocenters. The molecule has 3 heterocycles. The van der Waals surface area contributed by atoms with Crippen molar-refractivity contribution in [2.45, 2.75) is 33.1 Å². The number of anilines is 2. The molecule has 33 heavy (non-hydrogen) atoms. The minimum Gasteiger partial charge on any atom is -0.370 e. The Morgan fingerprint density at radius 2 is 2.06 bits per heavy atom. The van der Waals surface area contributed by atoms with Crippen LogP contribution in [0.2, 0.25) is 0 Å². The van der Waals surface area contributed by atoms with E-state index in [1.165, 1.54) is 23.8 Å². The number of thiazole rings is 1. The van der Waals surface area contributed by atoms with Crippen LogP contribution in [0.25, 0.3) is 27.5 Å². The Kier molecular flexibility index (Phi) is 5.99. The van der Waals surface area contributed by atoms with Crippen LogP contribution in [-0.2, 0) is 17.6 Å². The molecule has 1 aliphatic carbocycles. The number of rotatable bonds is 5. The van der Waals surface area contributed by atoms with Crippen LogP contribution < -0.4 is 10.6 Å². The van der Waals surface area contributed by atoms with Gasteiger partial charge in [0.25, 0.3) is 0 Å². The zero-order valence-corrected chi connectivity index (χ0v) is 20.8. The van der Waals surface area contributed by atoms with Gasteiger partial charge in [-0.2, -0.15) is 5.10 Å². The SMILES string of the molecule is CCNc1ccc(-c2nn(-c3ccccc3Br)c3c2CCCc2nc(NC(C)=O)sc2-3)cn1. The quantitative estimate of drug-likeness (QED) is 0.351. The van der Waals surface area contributed by atoms with Crippen LogP contribution in [0.3, 0.4) is 0 Å². The van der Waals surface area contributed by atoms with Gasteiger partial charge in [-0.25, -0.2) is 14.6 Å². The number of pyridine rings is 1. The Labute approximate surface area is 204 Å². The molecular formula is C24H23BrN6OS. The maximum atomic E-state index is 11.7. The molecule has 0 bridgehead atoms. The molecule has 168 valence electrons. The Bertz CT molecular complexity index is 1330. The van der Waals surface area contributed by atoms with Crippen LogP contribution in [0, 0.1) is 0 Å². The maximum Gasteiger partial charge on any atom is 0.223 e. The number of amides is 1. The molecule has 7 nitrogen and oxygen atoms in total. The van der Waals surface area contributed by atoms with E-state index >= 15 is 0 Å². The first-order valence-electron chi connectivity index (χ1n) is 10.9. The van der Waals surface area contributed by atoms with E-state index in [-0.39, 0.29) is 5.91 Å². The van der Waals surface area contributed by atoms with Crippen LogP contribution in [0.15, 0.2) is 47.1 Å². The highest BCUT2D eigenvalue weighted by atomic mass is 79.9. The molecule has 0 spiro atoms. The number of halogens is 1. The molecule has 0 fully saturated rings. The molecule has 9 heteroatoms. The number of benzene rings is 1. The number of para-hydroxylation sites is 1. The standard InChI is InChI=1S/C24H23BrN6OS/c1-3-26-20-12-11-15(13-27-20)21-16-7-6-9-18-23(33-24(29-18)28-14(2)32)22(16)31(30-21)19-10-5-4-8-17(19)25/h4-5,8,10-13H,3,6-7,9H2,1-2H3,(H,26,27)(H,28,29,32). The Morgan fingerprint density at radius 3 is 2.79 bits per heavy atom. The van der Waals surface area contributed by atoms with Gasteiger partial charge in [0, 0.05) is 35.3 Å². The highest BCUT2D eigenvalue weighted by Crippen LogP contribution is 2.43. The summed E-state index contributed by atoms with van der Waals surface area (Å²) in [6.07, 6.45) is 4.59. The molecule has 1 aliphatic rings. The van der Waals surface area contributed by atoms with E-state index in [4.69, 9.17) is 10.1 Å². The number of hydrogen-bond donors (Lipinski definition) is 2. The third kappa shape index (κ3) is 4.18. The van der Waals surface area contributed by atoms with E-state index in [1.807, 2.05) is 41.2 Å². The van der Waals surface area contributed by atoms with Gasteiger partial charge < -0.3 is 10.6 Å². The van der Waals surface area contributed by atoms with E-state index in [0.717, 1.165) is 69.3 Å². The second kappa shape index (κ2) is 9.07. The first-order chi connectivity index (χ1) is 16.0. The summed E-state index contributed by atoms with van der Waals surface area (Å²) in [6, 6.07) is 12.1. The topological polar surface area (TPSA) is 84.7 Å². The monoisotopic (exact) mass is 522 g/mol. The number of hydrogen-bond acceptors (Lipinski definition) is 6. The van der Waals surface area contributed by atoms with Crippen molar-refractivity contribution in [3.63, 3.8) is 0 Å². The second-order valence-corrected chi connectivity index (χ2v) is 9.68. The molecule has 1 aromatic carbocycles. The maximum absolute atomic E-state index is 11.7. The number of fused-ring (bicyclic) bond motifs is 3. The Hall–Kier alpha value is -3.04. The van der Waals surface area contributed by atoms with Gasteiger partial charge in [0.1, 0.15) is 5.82 Å². The summed E-state index contributed by atoms with van der Waals surface area (Å²) in [5, 5.41) is 11.8. The lowest BCUT2D eigenvalue weighted by Crippen LogP contribution is -2.05. The lowest BCUT2D eigenvalue weighted by atomic mass is 10.0. The van der Waals surface area contributed by atoms with Crippen molar-refractivity contribution in [3.8, 4) is 27.5 Å². The third-order valence-corrected chi connectivity index (χ3v) is 7.19. The van der Waals surface area contributed by atoms with Crippen LogP contribution in [0.4, 0.5) is 10.9 Å². The predicted octanol–water partition coefficient (Wildman–Crippen LogP) is 5.70. The summed E-state index contributed by atoms with van der Waals surface area (Å²) in [6.45, 7) is 4.38.